The summed E-state index contributed by atoms with van der Waals surface area (Å²) < 4.78 is 0. The fraction of sp³-hybridized carbons (Fsp3) is 0.364. The van der Waals surface area contributed by atoms with E-state index in [-0.39, 0.29) is 5.41 Å². The molecule has 0 aromatic heterocycles. The SMILES string of the molecule is CC(C)(C#N)CNc1ccccc1Cl. The topological polar surface area (TPSA) is 35.8 Å². The van der Waals surface area contributed by atoms with Gasteiger partial charge in [0.1, 0.15) is 0 Å². The van der Waals surface area contributed by atoms with Gasteiger partial charge < -0.3 is 5.32 Å². The van der Waals surface area contributed by atoms with Crippen LogP contribution in [0.3, 0.4) is 0 Å². The molecule has 0 amide bonds. The molecule has 0 fully saturated rings. The van der Waals surface area contributed by atoms with E-state index in [2.05, 4.69) is 11.4 Å². The molecule has 0 spiro atoms. The monoisotopic (exact) mass is 208 g/mol. The minimum atomic E-state index is -0.376. The van der Waals surface area contributed by atoms with Crippen LogP contribution in [0.25, 0.3) is 0 Å². The number of nitrogens with one attached hydrogen (secondary N) is 1. The van der Waals surface area contributed by atoms with Crippen LogP contribution < -0.4 is 5.32 Å². The van der Waals surface area contributed by atoms with E-state index in [9.17, 15) is 0 Å². The van der Waals surface area contributed by atoms with Crippen LogP contribution in [0.1, 0.15) is 13.8 Å². The van der Waals surface area contributed by atoms with Gasteiger partial charge >= 0.3 is 0 Å². The Bertz CT molecular complexity index is 353. The lowest BCUT2D eigenvalue weighted by Gasteiger charge is -2.17. The van der Waals surface area contributed by atoms with E-state index in [0.717, 1.165) is 5.69 Å². The molecular formula is C11H13ClN2. The first-order valence-corrected chi connectivity index (χ1v) is 4.83. The summed E-state index contributed by atoms with van der Waals surface area (Å²) in [5, 5.41) is 12.6. The summed E-state index contributed by atoms with van der Waals surface area (Å²) in [7, 11) is 0. The second-order valence-corrected chi connectivity index (χ2v) is 4.24. The molecule has 74 valence electrons. The Hall–Kier alpha value is -1.20. The van der Waals surface area contributed by atoms with Gasteiger partial charge in [0.05, 0.1) is 22.2 Å². The van der Waals surface area contributed by atoms with Gasteiger partial charge in [-0.05, 0) is 26.0 Å². The molecule has 0 aliphatic heterocycles. The van der Waals surface area contributed by atoms with Gasteiger partial charge in [0, 0.05) is 6.54 Å². The molecule has 0 heterocycles. The smallest absolute Gasteiger partial charge is 0.0702 e. The molecule has 14 heavy (non-hydrogen) atoms. The number of rotatable bonds is 3. The fourth-order valence-corrected chi connectivity index (χ4v) is 1.16. The van der Waals surface area contributed by atoms with E-state index < -0.39 is 0 Å². The highest BCUT2D eigenvalue weighted by Gasteiger charge is 2.16. The van der Waals surface area contributed by atoms with Crippen LogP contribution in [0, 0.1) is 16.7 Å². The van der Waals surface area contributed by atoms with Crippen LogP contribution >= 0.6 is 11.6 Å². The lowest BCUT2D eigenvalue weighted by molar-refractivity contribution is 0.529. The van der Waals surface area contributed by atoms with Crippen LogP contribution in [-0.2, 0) is 0 Å². The largest absolute Gasteiger partial charge is 0.382 e. The van der Waals surface area contributed by atoms with Crippen molar-refractivity contribution in [1.82, 2.24) is 0 Å². The first-order chi connectivity index (χ1) is 6.55. The van der Waals surface area contributed by atoms with Gasteiger partial charge in [-0.25, -0.2) is 0 Å². The van der Waals surface area contributed by atoms with E-state index in [0.29, 0.717) is 11.6 Å². The zero-order valence-electron chi connectivity index (χ0n) is 8.34. The average molecular weight is 209 g/mol. The van der Waals surface area contributed by atoms with Gasteiger partial charge in [0.25, 0.3) is 0 Å². The van der Waals surface area contributed by atoms with Gasteiger partial charge in [-0.15, -0.1) is 0 Å². The molecule has 0 bridgehead atoms. The van der Waals surface area contributed by atoms with Gasteiger partial charge in [0.15, 0.2) is 0 Å². The summed E-state index contributed by atoms with van der Waals surface area (Å²) in [4.78, 5) is 0. The van der Waals surface area contributed by atoms with E-state index >= 15 is 0 Å². The van der Waals surface area contributed by atoms with Crippen LogP contribution in [-0.4, -0.2) is 6.54 Å². The summed E-state index contributed by atoms with van der Waals surface area (Å²) in [5.41, 5.74) is 0.497. The molecule has 1 rings (SSSR count). The molecule has 0 atom stereocenters. The van der Waals surface area contributed by atoms with Crippen molar-refractivity contribution in [1.29, 1.82) is 5.26 Å². The van der Waals surface area contributed by atoms with E-state index in [4.69, 9.17) is 16.9 Å². The minimum absolute atomic E-state index is 0.376. The Morgan fingerprint density at radius 2 is 2.07 bits per heavy atom. The van der Waals surface area contributed by atoms with E-state index in [1.165, 1.54) is 0 Å². The molecule has 0 aliphatic carbocycles. The standard InChI is InChI=1S/C11H13ClN2/c1-11(2,7-13)8-14-10-6-4-3-5-9(10)12/h3-6,14H,8H2,1-2H3. The van der Waals surface area contributed by atoms with E-state index in [1.807, 2.05) is 38.1 Å². The van der Waals surface area contributed by atoms with Crippen molar-refractivity contribution >= 4 is 17.3 Å². The van der Waals surface area contributed by atoms with Gasteiger partial charge in [-0.1, -0.05) is 23.7 Å². The number of benzene rings is 1. The lowest BCUT2D eigenvalue weighted by atomic mass is 9.96. The number of hydrogen-bond donors (Lipinski definition) is 1. The summed E-state index contributed by atoms with van der Waals surface area (Å²) in [6, 6.07) is 9.73. The Kier molecular flexibility index (Phi) is 3.38. The predicted octanol–water partition coefficient (Wildman–Crippen LogP) is 3.30. The third-order valence-corrected chi connectivity index (χ3v) is 2.23. The second kappa shape index (κ2) is 4.34. The van der Waals surface area contributed by atoms with Crippen molar-refractivity contribution in [3.63, 3.8) is 0 Å². The van der Waals surface area contributed by atoms with Crippen LogP contribution in [0.15, 0.2) is 24.3 Å². The fourth-order valence-electron chi connectivity index (χ4n) is 0.960. The van der Waals surface area contributed by atoms with E-state index in [1.54, 1.807) is 0 Å². The first-order valence-electron chi connectivity index (χ1n) is 4.45. The highest BCUT2D eigenvalue weighted by atomic mass is 35.5. The Labute approximate surface area is 89.5 Å². The molecule has 2 nitrogen and oxygen atoms in total. The third kappa shape index (κ3) is 2.93. The number of halogens is 1. The molecule has 0 radical (unpaired) electrons. The number of nitriles is 1. The summed E-state index contributed by atoms with van der Waals surface area (Å²) in [6.45, 7) is 4.36. The number of para-hydroxylation sites is 1. The highest BCUT2D eigenvalue weighted by Crippen LogP contribution is 2.22. The predicted molar refractivity (Wildman–Crippen MR) is 59.3 cm³/mol. The zero-order chi connectivity index (χ0) is 10.6. The van der Waals surface area contributed by atoms with Crippen molar-refractivity contribution in [3.8, 4) is 6.07 Å². The number of hydrogen-bond acceptors (Lipinski definition) is 2. The Balaban J connectivity index is 2.64. The molecule has 3 heteroatoms. The maximum absolute atomic E-state index is 8.82. The number of nitrogens with zero attached hydrogens (tertiary/aromatic N) is 1. The minimum Gasteiger partial charge on any atom is -0.382 e. The first kappa shape index (κ1) is 10.9. The lowest BCUT2D eigenvalue weighted by Crippen LogP contribution is -2.20. The molecule has 0 unspecified atom stereocenters. The Morgan fingerprint density at radius 1 is 1.43 bits per heavy atom. The molecular weight excluding hydrogens is 196 g/mol. The molecule has 0 aliphatic rings. The number of anilines is 1. The molecule has 1 aromatic rings. The van der Waals surface area contributed by atoms with Gasteiger partial charge in [0.2, 0.25) is 0 Å². The Morgan fingerprint density at radius 3 is 2.64 bits per heavy atom. The zero-order valence-corrected chi connectivity index (χ0v) is 9.10. The van der Waals surface area contributed by atoms with Crippen molar-refractivity contribution in [2.75, 3.05) is 11.9 Å². The van der Waals surface area contributed by atoms with Gasteiger partial charge in [-0.3, -0.25) is 0 Å². The highest BCUT2D eigenvalue weighted by molar-refractivity contribution is 6.33. The van der Waals surface area contributed by atoms with Crippen molar-refractivity contribution < 1.29 is 0 Å². The molecule has 1 aromatic carbocycles. The van der Waals surface area contributed by atoms with Gasteiger partial charge in [-0.2, -0.15) is 5.26 Å². The summed E-state index contributed by atoms with van der Waals surface area (Å²) in [6.07, 6.45) is 0. The quantitative estimate of drug-likeness (QED) is 0.828. The summed E-state index contributed by atoms with van der Waals surface area (Å²) >= 11 is 5.95. The summed E-state index contributed by atoms with van der Waals surface area (Å²) in [5.74, 6) is 0. The van der Waals surface area contributed by atoms with Crippen molar-refractivity contribution in [3.05, 3.63) is 29.3 Å². The third-order valence-electron chi connectivity index (χ3n) is 1.90. The van der Waals surface area contributed by atoms with Crippen LogP contribution in [0.4, 0.5) is 5.69 Å². The van der Waals surface area contributed by atoms with Crippen LogP contribution in [0.2, 0.25) is 5.02 Å². The van der Waals surface area contributed by atoms with Crippen molar-refractivity contribution in [2.45, 2.75) is 13.8 Å². The average Bonchev–Trinajstić information content (AvgIpc) is 2.17. The molecule has 0 saturated heterocycles. The normalized spacial score (nSPS) is 10.7. The van der Waals surface area contributed by atoms with Crippen molar-refractivity contribution in [2.24, 2.45) is 5.41 Å². The maximum atomic E-state index is 8.82. The molecule has 1 N–H and O–H groups in total. The van der Waals surface area contributed by atoms with Crippen LogP contribution in [0.5, 0.6) is 0 Å². The maximum Gasteiger partial charge on any atom is 0.0702 e. The second-order valence-electron chi connectivity index (χ2n) is 3.83. The molecule has 0 saturated carbocycles.